The number of hydrogen-bond acceptors (Lipinski definition) is 2. The number of nitrogens with zero attached hydrogens (tertiary/aromatic N) is 1. The first kappa shape index (κ1) is 14.8. The van der Waals surface area contributed by atoms with E-state index in [-0.39, 0.29) is 17.8 Å². The lowest BCUT2D eigenvalue weighted by atomic mass is 9.87. The number of aliphatic hydroxyl groups is 1. The molecule has 1 aliphatic rings. The van der Waals surface area contributed by atoms with Crippen LogP contribution in [0, 0.1) is 11.7 Å². The topological polar surface area (TPSA) is 52.6 Å². The van der Waals surface area contributed by atoms with Crippen molar-refractivity contribution in [2.45, 2.75) is 25.9 Å². The number of aliphatic hydroxyl groups excluding tert-OH is 1. The highest BCUT2D eigenvalue weighted by Gasteiger charge is 2.28. The Kier molecular flexibility index (Phi) is 4.95. The Hall–Kier alpha value is -1.62. The van der Waals surface area contributed by atoms with E-state index in [2.05, 4.69) is 5.32 Å². The van der Waals surface area contributed by atoms with Crippen LogP contribution in [0.25, 0.3) is 0 Å². The smallest absolute Gasteiger partial charge is 0.317 e. The van der Waals surface area contributed by atoms with Gasteiger partial charge in [-0.2, -0.15) is 0 Å². The SMILES string of the molecule is CCNC(=O)N1CCC(C(O)c2ccc(F)cc2)CC1. The van der Waals surface area contributed by atoms with Crippen LogP contribution in [0.2, 0.25) is 0 Å². The van der Waals surface area contributed by atoms with Gasteiger partial charge in [0.1, 0.15) is 5.82 Å². The number of piperidine rings is 1. The Labute approximate surface area is 118 Å². The lowest BCUT2D eigenvalue weighted by molar-refractivity contribution is 0.0666. The fraction of sp³-hybridized carbons (Fsp3) is 0.533. The van der Waals surface area contributed by atoms with Crippen LogP contribution in [0.1, 0.15) is 31.4 Å². The van der Waals surface area contributed by atoms with Gasteiger partial charge in [-0.25, -0.2) is 9.18 Å². The number of likely N-dealkylation sites (tertiary alicyclic amines) is 1. The molecule has 0 spiro atoms. The van der Waals surface area contributed by atoms with Crippen LogP contribution >= 0.6 is 0 Å². The molecule has 110 valence electrons. The number of carbonyl (C=O) groups is 1. The van der Waals surface area contributed by atoms with Gasteiger partial charge in [-0.1, -0.05) is 12.1 Å². The zero-order valence-corrected chi connectivity index (χ0v) is 11.7. The van der Waals surface area contributed by atoms with Crippen molar-refractivity contribution in [1.82, 2.24) is 10.2 Å². The molecule has 0 radical (unpaired) electrons. The van der Waals surface area contributed by atoms with Gasteiger partial charge in [0.25, 0.3) is 0 Å². The van der Waals surface area contributed by atoms with Crippen molar-refractivity contribution >= 4 is 6.03 Å². The van der Waals surface area contributed by atoms with E-state index in [1.807, 2.05) is 6.92 Å². The van der Waals surface area contributed by atoms with Crippen molar-refractivity contribution in [3.05, 3.63) is 35.6 Å². The number of nitrogens with one attached hydrogen (secondary N) is 1. The van der Waals surface area contributed by atoms with E-state index in [9.17, 15) is 14.3 Å². The fourth-order valence-electron chi connectivity index (χ4n) is 2.61. The number of halogens is 1. The van der Waals surface area contributed by atoms with Gasteiger partial charge in [-0.05, 0) is 43.4 Å². The van der Waals surface area contributed by atoms with Crippen molar-refractivity contribution < 1.29 is 14.3 Å². The Bertz CT molecular complexity index is 442. The minimum atomic E-state index is -0.591. The van der Waals surface area contributed by atoms with Gasteiger partial charge in [0, 0.05) is 19.6 Å². The normalized spacial score (nSPS) is 17.9. The molecule has 1 atom stereocenters. The lowest BCUT2D eigenvalue weighted by Gasteiger charge is -2.34. The molecule has 1 aromatic carbocycles. The third kappa shape index (κ3) is 3.48. The third-order valence-electron chi connectivity index (χ3n) is 3.81. The van der Waals surface area contributed by atoms with E-state index in [1.54, 1.807) is 17.0 Å². The van der Waals surface area contributed by atoms with Gasteiger partial charge in [0.05, 0.1) is 6.10 Å². The van der Waals surface area contributed by atoms with Crippen LogP contribution < -0.4 is 5.32 Å². The Morgan fingerprint density at radius 2 is 2.00 bits per heavy atom. The second-order valence-electron chi connectivity index (χ2n) is 5.16. The van der Waals surface area contributed by atoms with E-state index >= 15 is 0 Å². The molecule has 2 N–H and O–H groups in total. The molecule has 0 aliphatic carbocycles. The molecule has 2 rings (SSSR count). The van der Waals surface area contributed by atoms with Gasteiger partial charge < -0.3 is 15.3 Å². The van der Waals surface area contributed by atoms with E-state index < -0.39 is 6.10 Å². The monoisotopic (exact) mass is 280 g/mol. The summed E-state index contributed by atoms with van der Waals surface area (Å²) in [6.45, 7) is 3.81. The zero-order valence-electron chi connectivity index (χ0n) is 11.7. The highest BCUT2D eigenvalue weighted by Crippen LogP contribution is 2.30. The molecule has 20 heavy (non-hydrogen) atoms. The molecule has 1 fully saturated rings. The second kappa shape index (κ2) is 6.70. The van der Waals surface area contributed by atoms with Crippen molar-refractivity contribution in [1.29, 1.82) is 0 Å². The molecule has 2 amide bonds. The molecule has 4 nitrogen and oxygen atoms in total. The van der Waals surface area contributed by atoms with Gasteiger partial charge in [-0.3, -0.25) is 0 Å². The molecule has 1 heterocycles. The number of rotatable bonds is 3. The summed E-state index contributed by atoms with van der Waals surface area (Å²) < 4.78 is 12.9. The first-order chi connectivity index (χ1) is 9.61. The molecule has 1 unspecified atom stereocenters. The van der Waals surface area contributed by atoms with E-state index in [0.29, 0.717) is 19.6 Å². The predicted molar refractivity (Wildman–Crippen MR) is 74.7 cm³/mol. The van der Waals surface area contributed by atoms with E-state index in [4.69, 9.17) is 0 Å². The van der Waals surface area contributed by atoms with Gasteiger partial charge in [0.2, 0.25) is 0 Å². The summed E-state index contributed by atoms with van der Waals surface area (Å²) >= 11 is 0. The second-order valence-corrected chi connectivity index (χ2v) is 5.16. The third-order valence-corrected chi connectivity index (χ3v) is 3.81. The first-order valence-corrected chi connectivity index (χ1v) is 7.08. The average Bonchev–Trinajstić information content (AvgIpc) is 2.48. The minimum Gasteiger partial charge on any atom is -0.388 e. The Balaban J connectivity index is 1.90. The molecular weight excluding hydrogens is 259 g/mol. The number of amides is 2. The standard InChI is InChI=1S/C15H21FN2O2/c1-2-17-15(20)18-9-7-12(8-10-18)14(19)11-3-5-13(16)6-4-11/h3-6,12,14,19H,2,7-10H2,1H3,(H,17,20). The molecule has 0 bridgehead atoms. The molecule has 0 aromatic heterocycles. The summed E-state index contributed by atoms with van der Waals surface area (Å²) in [5.41, 5.74) is 0.739. The predicted octanol–water partition coefficient (Wildman–Crippen LogP) is 2.30. The van der Waals surface area contributed by atoms with E-state index in [0.717, 1.165) is 18.4 Å². The van der Waals surface area contributed by atoms with Crippen LogP contribution in [-0.2, 0) is 0 Å². The van der Waals surface area contributed by atoms with Crippen molar-refractivity contribution in [2.75, 3.05) is 19.6 Å². The zero-order chi connectivity index (χ0) is 14.5. The van der Waals surface area contributed by atoms with Gasteiger partial charge in [0.15, 0.2) is 0 Å². The van der Waals surface area contributed by atoms with Crippen LogP contribution in [-0.4, -0.2) is 35.7 Å². The summed E-state index contributed by atoms with van der Waals surface area (Å²) in [7, 11) is 0. The van der Waals surface area contributed by atoms with Crippen LogP contribution in [0.15, 0.2) is 24.3 Å². The molecular formula is C15H21FN2O2. The van der Waals surface area contributed by atoms with Gasteiger partial charge in [-0.15, -0.1) is 0 Å². The molecule has 5 heteroatoms. The first-order valence-electron chi connectivity index (χ1n) is 7.08. The van der Waals surface area contributed by atoms with Crippen LogP contribution in [0.3, 0.4) is 0 Å². The Morgan fingerprint density at radius 1 is 1.40 bits per heavy atom. The maximum Gasteiger partial charge on any atom is 0.317 e. The van der Waals surface area contributed by atoms with Crippen molar-refractivity contribution in [3.63, 3.8) is 0 Å². The van der Waals surface area contributed by atoms with Crippen LogP contribution in [0.4, 0.5) is 9.18 Å². The summed E-state index contributed by atoms with van der Waals surface area (Å²) in [6.07, 6.45) is 0.928. The summed E-state index contributed by atoms with van der Waals surface area (Å²) in [5.74, 6) is -0.182. The number of urea groups is 1. The van der Waals surface area contributed by atoms with Crippen molar-refractivity contribution in [2.24, 2.45) is 5.92 Å². The highest BCUT2D eigenvalue weighted by molar-refractivity contribution is 5.74. The van der Waals surface area contributed by atoms with E-state index in [1.165, 1.54) is 12.1 Å². The minimum absolute atomic E-state index is 0.0396. The summed E-state index contributed by atoms with van der Waals surface area (Å²) in [4.78, 5) is 13.5. The number of benzene rings is 1. The average molecular weight is 280 g/mol. The highest BCUT2D eigenvalue weighted by atomic mass is 19.1. The quantitative estimate of drug-likeness (QED) is 0.892. The molecule has 0 saturated carbocycles. The summed E-state index contributed by atoms with van der Waals surface area (Å²) in [5, 5.41) is 13.1. The molecule has 1 saturated heterocycles. The maximum absolute atomic E-state index is 12.9. The van der Waals surface area contributed by atoms with Gasteiger partial charge >= 0.3 is 6.03 Å². The fourth-order valence-corrected chi connectivity index (χ4v) is 2.61. The Morgan fingerprint density at radius 3 is 2.55 bits per heavy atom. The van der Waals surface area contributed by atoms with Crippen LogP contribution in [0.5, 0.6) is 0 Å². The largest absolute Gasteiger partial charge is 0.388 e. The summed E-state index contributed by atoms with van der Waals surface area (Å²) in [6, 6.07) is 5.93. The maximum atomic E-state index is 12.9. The number of carbonyl (C=O) groups excluding carboxylic acids is 1. The number of hydrogen-bond donors (Lipinski definition) is 2. The lowest BCUT2D eigenvalue weighted by Crippen LogP contribution is -2.45. The molecule has 1 aliphatic heterocycles. The molecule has 1 aromatic rings. The van der Waals surface area contributed by atoms with Crippen molar-refractivity contribution in [3.8, 4) is 0 Å².